The van der Waals surface area contributed by atoms with Crippen LogP contribution in [-0.4, -0.2) is 16.9 Å². The highest BCUT2D eigenvalue weighted by molar-refractivity contribution is 6.17. The van der Waals surface area contributed by atoms with Crippen molar-refractivity contribution in [3.05, 3.63) is 29.6 Å². The highest BCUT2D eigenvalue weighted by Gasteiger charge is 2.24. The maximum atomic E-state index is 11.5. The van der Waals surface area contributed by atoms with Gasteiger partial charge in [0.05, 0.1) is 0 Å². The zero-order chi connectivity index (χ0) is 9.97. The third-order valence-electron chi connectivity index (χ3n) is 2.12. The topological polar surface area (TPSA) is 42.0 Å². The van der Waals surface area contributed by atoms with E-state index in [2.05, 4.69) is 10.3 Å². The first-order chi connectivity index (χ1) is 6.79. The fourth-order valence-electron chi connectivity index (χ4n) is 1.17. The molecule has 0 bridgehead atoms. The number of nitrogens with zero attached hydrogens (tertiary/aromatic N) is 1. The van der Waals surface area contributed by atoms with Gasteiger partial charge in [-0.3, -0.25) is 9.78 Å². The van der Waals surface area contributed by atoms with E-state index < -0.39 is 0 Å². The van der Waals surface area contributed by atoms with Crippen LogP contribution < -0.4 is 5.32 Å². The minimum absolute atomic E-state index is 0.0977. The zero-order valence-corrected chi connectivity index (χ0v) is 8.42. The molecule has 1 amide bonds. The average Bonchev–Trinajstić information content (AvgIpc) is 3.02. The van der Waals surface area contributed by atoms with Gasteiger partial charge in [0.1, 0.15) is 5.69 Å². The second-order valence-electron chi connectivity index (χ2n) is 3.43. The molecule has 1 aromatic rings. The van der Waals surface area contributed by atoms with E-state index in [1.165, 1.54) is 0 Å². The third kappa shape index (κ3) is 2.23. The molecular weight excluding hydrogens is 200 g/mol. The van der Waals surface area contributed by atoms with Crippen LogP contribution in [0.1, 0.15) is 28.9 Å². The van der Waals surface area contributed by atoms with Crippen molar-refractivity contribution >= 4 is 17.5 Å². The van der Waals surface area contributed by atoms with Crippen LogP contribution in [0.3, 0.4) is 0 Å². The number of aromatic nitrogens is 1. The minimum atomic E-state index is -0.0977. The van der Waals surface area contributed by atoms with Crippen LogP contribution in [0.4, 0.5) is 0 Å². The summed E-state index contributed by atoms with van der Waals surface area (Å²) in [5, 5.41) is 2.88. The molecule has 1 heterocycles. The van der Waals surface area contributed by atoms with Gasteiger partial charge in [0.2, 0.25) is 0 Å². The SMILES string of the molecule is O=C(NC1CC1)c1cc(CCl)ccn1. The maximum Gasteiger partial charge on any atom is 0.270 e. The Bertz CT molecular complexity index is 350. The summed E-state index contributed by atoms with van der Waals surface area (Å²) in [7, 11) is 0. The molecule has 0 saturated heterocycles. The lowest BCUT2D eigenvalue weighted by molar-refractivity contribution is 0.0946. The van der Waals surface area contributed by atoms with Gasteiger partial charge in [-0.05, 0) is 30.5 Å². The molecule has 1 fully saturated rings. The Balaban J connectivity index is 2.09. The second kappa shape index (κ2) is 3.96. The lowest BCUT2D eigenvalue weighted by atomic mass is 10.2. The summed E-state index contributed by atoms with van der Waals surface area (Å²) in [6.45, 7) is 0. The van der Waals surface area contributed by atoms with Gasteiger partial charge in [-0.1, -0.05) is 0 Å². The number of pyridine rings is 1. The molecule has 74 valence electrons. The van der Waals surface area contributed by atoms with Crippen molar-refractivity contribution in [2.45, 2.75) is 24.8 Å². The van der Waals surface area contributed by atoms with Crippen LogP contribution >= 0.6 is 11.6 Å². The molecule has 3 nitrogen and oxygen atoms in total. The molecule has 0 radical (unpaired) electrons. The van der Waals surface area contributed by atoms with Gasteiger partial charge >= 0.3 is 0 Å². The number of carbonyl (C=O) groups is 1. The normalized spacial score (nSPS) is 15.2. The molecule has 1 aliphatic rings. The predicted molar refractivity (Wildman–Crippen MR) is 54.3 cm³/mol. The molecule has 0 atom stereocenters. The van der Waals surface area contributed by atoms with Crippen molar-refractivity contribution < 1.29 is 4.79 Å². The number of hydrogen-bond donors (Lipinski definition) is 1. The molecule has 0 spiro atoms. The minimum Gasteiger partial charge on any atom is -0.348 e. The maximum absolute atomic E-state index is 11.5. The van der Waals surface area contributed by atoms with E-state index in [1.54, 1.807) is 18.3 Å². The van der Waals surface area contributed by atoms with Crippen molar-refractivity contribution in [2.24, 2.45) is 0 Å². The Hall–Kier alpha value is -1.09. The number of rotatable bonds is 3. The molecule has 14 heavy (non-hydrogen) atoms. The fraction of sp³-hybridized carbons (Fsp3) is 0.400. The van der Waals surface area contributed by atoms with Gasteiger partial charge in [0, 0.05) is 18.1 Å². The molecule has 0 unspecified atom stereocenters. The van der Waals surface area contributed by atoms with Crippen molar-refractivity contribution in [1.29, 1.82) is 0 Å². The lowest BCUT2D eigenvalue weighted by Crippen LogP contribution is -2.26. The number of alkyl halides is 1. The molecule has 1 saturated carbocycles. The number of hydrogen-bond acceptors (Lipinski definition) is 2. The summed E-state index contributed by atoms with van der Waals surface area (Å²) in [6, 6.07) is 3.90. The van der Waals surface area contributed by atoms with Crippen LogP contribution in [0.5, 0.6) is 0 Å². The van der Waals surface area contributed by atoms with E-state index in [0.717, 1.165) is 18.4 Å². The smallest absolute Gasteiger partial charge is 0.270 e. The molecule has 1 N–H and O–H groups in total. The van der Waals surface area contributed by atoms with E-state index in [-0.39, 0.29) is 5.91 Å². The zero-order valence-electron chi connectivity index (χ0n) is 7.66. The molecule has 0 aromatic carbocycles. The van der Waals surface area contributed by atoms with Crippen molar-refractivity contribution in [2.75, 3.05) is 0 Å². The molecule has 4 heteroatoms. The largest absolute Gasteiger partial charge is 0.348 e. The molecule has 0 aliphatic heterocycles. The summed E-state index contributed by atoms with van der Waals surface area (Å²) in [5.41, 5.74) is 1.37. The van der Waals surface area contributed by atoms with E-state index in [0.29, 0.717) is 17.6 Å². The first kappa shape index (κ1) is 9.46. The molecule has 2 rings (SSSR count). The van der Waals surface area contributed by atoms with Crippen LogP contribution in [0.15, 0.2) is 18.3 Å². The molecule has 1 aliphatic carbocycles. The highest BCUT2D eigenvalue weighted by atomic mass is 35.5. The Morgan fingerprint density at radius 3 is 3.07 bits per heavy atom. The van der Waals surface area contributed by atoms with E-state index in [1.807, 2.05) is 0 Å². The molecule has 1 aromatic heterocycles. The Morgan fingerprint density at radius 2 is 2.43 bits per heavy atom. The number of amides is 1. The summed E-state index contributed by atoms with van der Waals surface area (Å²) in [5.74, 6) is 0.311. The van der Waals surface area contributed by atoms with Gasteiger partial charge in [-0.25, -0.2) is 0 Å². The predicted octanol–water partition coefficient (Wildman–Crippen LogP) is 1.71. The Kier molecular flexibility index (Phi) is 2.68. The van der Waals surface area contributed by atoms with E-state index >= 15 is 0 Å². The average molecular weight is 211 g/mol. The quantitative estimate of drug-likeness (QED) is 0.772. The molecular formula is C10H11ClN2O. The van der Waals surface area contributed by atoms with Crippen LogP contribution in [0.25, 0.3) is 0 Å². The number of carbonyl (C=O) groups excluding carboxylic acids is 1. The van der Waals surface area contributed by atoms with Crippen molar-refractivity contribution in [1.82, 2.24) is 10.3 Å². The fourth-order valence-corrected chi connectivity index (χ4v) is 1.33. The van der Waals surface area contributed by atoms with Gasteiger partial charge in [0.15, 0.2) is 0 Å². The summed E-state index contributed by atoms with van der Waals surface area (Å²) in [4.78, 5) is 15.5. The first-order valence-corrected chi connectivity index (χ1v) is 5.15. The van der Waals surface area contributed by atoms with Crippen LogP contribution in [0.2, 0.25) is 0 Å². The first-order valence-electron chi connectivity index (χ1n) is 4.61. The second-order valence-corrected chi connectivity index (χ2v) is 3.70. The van der Waals surface area contributed by atoms with Crippen molar-refractivity contribution in [3.63, 3.8) is 0 Å². The summed E-state index contributed by atoms with van der Waals surface area (Å²) >= 11 is 5.66. The highest BCUT2D eigenvalue weighted by Crippen LogP contribution is 2.19. The number of nitrogens with one attached hydrogen (secondary N) is 1. The van der Waals surface area contributed by atoms with Crippen molar-refractivity contribution in [3.8, 4) is 0 Å². The lowest BCUT2D eigenvalue weighted by Gasteiger charge is -2.02. The summed E-state index contributed by atoms with van der Waals surface area (Å²) in [6.07, 6.45) is 3.78. The van der Waals surface area contributed by atoms with Gasteiger partial charge in [-0.15, -0.1) is 11.6 Å². The van der Waals surface area contributed by atoms with Gasteiger partial charge in [-0.2, -0.15) is 0 Å². The van der Waals surface area contributed by atoms with Gasteiger partial charge < -0.3 is 5.32 Å². The van der Waals surface area contributed by atoms with Crippen LogP contribution in [0, 0.1) is 0 Å². The Labute approximate surface area is 87.5 Å². The van der Waals surface area contributed by atoms with Crippen LogP contribution in [-0.2, 0) is 5.88 Å². The van der Waals surface area contributed by atoms with E-state index in [4.69, 9.17) is 11.6 Å². The van der Waals surface area contributed by atoms with E-state index in [9.17, 15) is 4.79 Å². The number of halogens is 1. The monoisotopic (exact) mass is 210 g/mol. The van der Waals surface area contributed by atoms with Gasteiger partial charge in [0.25, 0.3) is 5.91 Å². The third-order valence-corrected chi connectivity index (χ3v) is 2.43. The summed E-state index contributed by atoms with van der Waals surface area (Å²) < 4.78 is 0. The Morgan fingerprint density at radius 1 is 1.64 bits per heavy atom. The standard InChI is InChI=1S/C10H11ClN2O/c11-6-7-3-4-12-9(5-7)10(14)13-8-1-2-8/h3-5,8H,1-2,6H2,(H,13,14).